The third-order valence-corrected chi connectivity index (χ3v) is 6.34. The lowest BCUT2D eigenvalue weighted by Gasteiger charge is -2.09. The molecule has 1 heterocycles. The van der Waals surface area contributed by atoms with Crippen molar-refractivity contribution < 1.29 is 19.1 Å². The van der Waals surface area contributed by atoms with Crippen LogP contribution < -0.4 is 10.6 Å². The van der Waals surface area contributed by atoms with Crippen LogP contribution in [0.3, 0.4) is 0 Å². The van der Waals surface area contributed by atoms with E-state index in [1.165, 1.54) is 36.3 Å². The molecule has 32 heavy (non-hydrogen) atoms. The smallest absolute Gasteiger partial charge is 0.338 e. The van der Waals surface area contributed by atoms with Crippen molar-refractivity contribution >= 4 is 45.9 Å². The Labute approximate surface area is 193 Å². The number of hydrogen-bond donors (Lipinski definition) is 2. The first kappa shape index (κ1) is 23.2. The van der Waals surface area contributed by atoms with E-state index in [1.54, 1.807) is 24.3 Å². The van der Waals surface area contributed by atoms with Crippen LogP contribution in [0.15, 0.2) is 71.6 Å². The largest absolute Gasteiger partial charge is 0.465 e. The van der Waals surface area contributed by atoms with Crippen molar-refractivity contribution in [1.29, 1.82) is 0 Å². The molecular formula is C23H21N3O4S2. The van der Waals surface area contributed by atoms with Gasteiger partial charge in [-0.05, 0) is 12.1 Å². The Hall–Kier alpha value is -3.43. The van der Waals surface area contributed by atoms with Crippen molar-refractivity contribution in [2.24, 2.45) is 0 Å². The monoisotopic (exact) mass is 467 g/mol. The number of benzene rings is 2. The molecule has 0 saturated heterocycles. The molecule has 0 aliphatic carbocycles. The van der Waals surface area contributed by atoms with Crippen LogP contribution in [0.1, 0.15) is 20.7 Å². The zero-order valence-corrected chi connectivity index (χ0v) is 18.9. The number of methoxy groups -OCH3 is 1. The number of carbonyl (C=O) groups is 3. The van der Waals surface area contributed by atoms with Gasteiger partial charge in [0.05, 0.1) is 24.0 Å². The van der Waals surface area contributed by atoms with E-state index >= 15 is 0 Å². The second kappa shape index (κ2) is 11.3. The highest BCUT2D eigenvalue weighted by atomic mass is 32.2. The van der Waals surface area contributed by atoms with Gasteiger partial charge in [0.2, 0.25) is 5.91 Å². The molecule has 2 amide bonds. The first-order valence-electron chi connectivity index (χ1n) is 9.58. The molecule has 0 radical (unpaired) electrons. The number of esters is 1. The molecule has 7 nitrogen and oxygen atoms in total. The Balaban J connectivity index is 1.87. The Morgan fingerprint density at radius 3 is 2.47 bits per heavy atom. The average molecular weight is 468 g/mol. The Morgan fingerprint density at radius 2 is 1.78 bits per heavy atom. The van der Waals surface area contributed by atoms with Crippen LogP contribution >= 0.6 is 23.1 Å². The molecule has 0 aliphatic heterocycles. The fraction of sp³-hybridized carbons (Fsp3) is 0.130. The van der Waals surface area contributed by atoms with E-state index in [9.17, 15) is 14.4 Å². The molecule has 0 bridgehead atoms. The molecule has 3 aromatic rings. The zero-order chi connectivity index (χ0) is 22.9. The van der Waals surface area contributed by atoms with Gasteiger partial charge < -0.3 is 15.4 Å². The average Bonchev–Trinajstić information content (AvgIpc) is 3.23. The van der Waals surface area contributed by atoms with E-state index in [0.717, 1.165) is 5.56 Å². The zero-order valence-electron chi connectivity index (χ0n) is 17.3. The highest BCUT2D eigenvalue weighted by molar-refractivity contribution is 8.01. The number of thioether (sulfide) groups is 1. The molecule has 1 aromatic heterocycles. The number of thiazole rings is 1. The lowest BCUT2D eigenvalue weighted by Crippen LogP contribution is -2.24. The number of ether oxygens (including phenoxy) is 1. The SMILES string of the molecule is C=CCNC(=O)CSc1nc(-c2ccccc2)c(NC(=O)c2ccccc2C(=O)OC)s1. The predicted octanol–water partition coefficient (Wildman–Crippen LogP) is 4.24. The summed E-state index contributed by atoms with van der Waals surface area (Å²) >= 11 is 2.55. The van der Waals surface area contributed by atoms with Crippen LogP contribution in [0, 0.1) is 0 Å². The maximum absolute atomic E-state index is 13.0. The van der Waals surface area contributed by atoms with Crippen LogP contribution in [0.2, 0.25) is 0 Å². The van der Waals surface area contributed by atoms with Crippen molar-refractivity contribution in [2.75, 3.05) is 24.7 Å². The number of carbonyl (C=O) groups excluding carboxylic acids is 3. The fourth-order valence-electron chi connectivity index (χ4n) is 2.74. The Bertz CT molecular complexity index is 1130. The minimum atomic E-state index is -0.592. The van der Waals surface area contributed by atoms with E-state index in [-0.39, 0.29) is 22.8 Å². The first-order chi connectivity index (χ1) is 15.5. The van der Waals surface area contributed by atoms with Crippen LogP contribution in [0.5, 0.6) is 0 Å². The molecule has 0 saturated carbocycles. The Morgan fingerprint density at radius 1 is 1.09 bits per heavy atom. The quantitative estimate of drug-likeness (QED) is 0.278. The topological polar surface area (TPSA) is 97.4 Å². The number of rotatable bonds is 9. The van der Waals surface area contributed by atoms with Crippen molar-refractivity contribution in [3.8, 4) is 11.3 Å². The maximum Gasteiger partial charge on any atom is 0.338 e. The Kier molecular flexibility index (Phi) is 8.18. The standard InChI is InChI=1S/C23H21N3O4S2/c1-3-13-24-18(27)14-31-23-25-19(15-9-5-4-6-10-15)21(32-23)26-20(28)16-11-7-8-12-17(16)22(29)30-2/h3-12H,1,13-14H2,2H3,(H,24,27)(H,26,28). The third-order valence-electron chi connectivity index (χ3n) is 4.23. The number of anilines is 1. The third kappa shape index (κ3) is 5.83. The molecule has 0 fully saturated rings. The van der Waals surface area contributed by atoms with Crippen LogP contribution in [-0.4, -0.2) is 42.2 Å². The van der Waals surface area contributed by atoms with E-state index < -0.39 is 11.9 Å². The molecule has 3 rings (SSSR count). The normalized spacial score (nSPS) is 10.3. The molecule has 2 N–H and O–H groups in total. The fourth-order valence-corrected chi connectivity index (χ4v) is 4.63. The molecule has 2 aromatic carbocycles. The molecule has 9 heteroatoms. The number of hydrogen-bond acceptors (Lipinski definition) is 7. The summed E-state index contributed by atoms with van der Waals surface area (Å²) in [7, 11) is 1.27. The van der Waals surface area contributed by atoms with E-state index in [2.05, 4.69) is 22.2 Å². The summed E-state index contributed by atoms with van der Waals surface area (Å²) in [5, 5.41) is 6.11. The summed E-state index contributed by atoms with van der Waals surface area (Å²) in [4.78, 5) is 41.6. The second-order valence-electron chi connectivity index (χ2n) is 6.40. The van der Waals surface area contributed by atoms with Gasteiger partial charge in [0.25, 0.3) is 5.91 Å². The van der Waals surface area contributed by atoms with Crippen molar-refractivity contribution in [3.05, 3.63) is 78.4 Å². The van der Waals surface area contributed by atoms with Gasteiger partial charge in [-0.1, -0.05) is 71.6 Å². The highest BCUT2D eigenvalue weighted by Crippen LogP contribution is 2.37. The lowest BCUT2D eigenvalue weighted by atomic mass is 10.1. The van der Waals surface area contributed by atoms with Gasteiger partial charge in [0, 0.05) is 12.1 Å². The van der Waals surface area contributed by atoms with Crippen molar-refractivity contribution in [3.63, 3.8) is 0 Å². The number of nitrogens with one attached hydrogen (secondary N) is 2. The maximum atomic E-state index is 13.0. The summed E-state index contributed by atoms with van der Waals surface area (Å²) in [6.45, 7) is 3.97. The predicted molar refractivity (Wildman–Crippen MR) is 127 cm³/mol. The van der Waals surface area contributed by atoms with Crippen LogP contribution in [-0.2, 0) is 9.53 Å². The van der Waals surface area contributed by atoms with Gasteiger partial charge in [-0.2, -0.15) is 0 Å². The van der Waals surface area contributed by atoms with Crippen molar-refractivity contribution in [1.82, 2.24) is 10.3 Å². The number of nitrogens with zero attached hydrogens (tertiary/aromatic N) is 1. The van der Waals surface area contributed by atoms with E-state index in [4.69, 9.17) is 4.74 Å². The van der Waals surface area contributed by atoms with Crippen LogP contribution in [0.25, 0.3) is 11.3 Å². The van der Waals surface area contributed by atoms with Crippen LogP contribution in [0.4, 0.5) is 5.00 Å². The minimum Gasteiger partial charge on any atom is -0.465 e. The summed E-state index contributed by atoms with van der Waals surface area (Å²) in [5.41, 5.74) is 1.79. The molecule has 0 spiro atoms. The van der Waals surface area contributed by atoms with Gasteiger partial charge in [-0.3, -0.25) is 9.59 Å². The summed E-state index contributed by atoms with van der Waals surface area (Å²) in [6, 6.07) is 15.9. The lowest BCUT2D eigenvalue weighted by molar-refractivity contribution is -0.118. The highest BCUT2D eigenvalue weighted by Gasteiger charge is 2.21. The minimum absolute atomic E-state index is 0.135. The van der Waals surface area contributed by atoms with Gasteiger partial charge in [-0.15, -0.1) is 6.58 Å². The van der Waals surface area contributed by atoms with Gasteiger partial charge in [0.1, 0.15) is 10.7 Å². The molecule has 164 valence electrons. The molecule has 0 unspecified atom stereocenters. The van der Waals surface area contributed by atoms with E-state index in [0.29, 0.717) is 21.6 Å². The second-order valence-corrected chi connectivity index (χ2v) is 8.62. The van der Waals surface area contributed by atoms with Crippen molar-refractivity contribution in [2.45, 2.75) is 4.34 Å². The molecular weight excluding hydrogens is 446 g/mol. The van der Waals surface area contributed by atoms with Gasteiger partial charge >= 0.3 is 5.97 Å². The number of amides is 2. The van der Waals surface area contributed by atoms with Gasteiger partial charge in [0.15, 0.2) is 4.34 Å². The summed E-state index contributed by atoms with van der Waals surface area (Å²) < 4.78 is 5.41. The first-order valence-corrected chi connectivity index (χ1v) is 11.4. The molecule has 0 aliphatic rings. The number of aromatic nitrogens is 1. The summed E-state index contributed by atoms with van der Waals surface area (Å²) in [5.74, 6) is -0.991. The van der Waals surface area contributed by atoms with Gasteiger partial charge in [-0.25, -0.2) is 9.78 Å². The van der Waals surface area contributed by atoms with E-state index in [1.807, 2.05) is 30.3 Å². The summed E-state index contributed by atoms with van der Waals surface area (Å²) in [6.07, 6.45) is 1.61. The molecule has 0 atom stereocenters.